The van der Waals surface area contributed by atoms with Crippen molar-refractivity contribution in [2.24, 2.45) is 11.8 Å². The Morgan fingerprint density at radius 2 is 1.93 bits per heavy atom. The van der Waals surface area contributed by atoms with E-state index in [4.69, 9.17) is 14.7 Å². The molecule has 1 unspecified atom stereocenters. The molecule has 2 fully saturated rings. The SMILES string of the molecule is COc1cc([C@H]2CC[C@H](COc3cc(C(CC#N)C4CC4)ccn3)CC2)c(F)cn1. The van der Waals surface area contributed by atoms with Gasteiger partial charge in [0.05, 0.1) is 26.0 Å². The Hall–Kier alpha value is -2.68. The summed E-state index contributed by atoms with van der Waals surface area (Å²) in [5.74, 6) is 2.41. The van der Waals surface area contributed by atoms with Gasteiger partial charge in [0.1, 0.15) is 5.82 Å². The molecule has 0 spiro atoms. The number of ether oxygens (including phenoxy) is 2. The molecule has 0 N–H and O–H groups in total. The molecule has 0 bridgehead atoms. The predicted molar refractivity (Wildman–Crippen MR) is 111 cm³/mol. The van der Waals surface area contributed by atoms with Crippen molar-refractivity contribution in [3.8, 4) is 17.8 Å². The van der Waals surface area contributed by atoms with Gasteiger partial charge >= 0.3 is 0 Å². The van der Waals surface area contributed by atoms with E-state index in [1.165, 1.54) is 19.0 Å². The van der Waals surface area contributed by atoms with Crippen LogP contribution in [0.2, 0.25) is 0 Å². The molecular weight excluding hydrogens is 381 g/mol. The minimum Gasteiger partial charge on any atom is -0.481 e. The summed E-state index contributed by atoms with van der Waals surface area (Å²) in [6, 6.07) is 8.06. The maximum Gasteiger partial charge on any atom is 0.213 e. The number of rotatable bonds is 8. The van der Waals surface area contributed by atoms with Crippen molar-refractivity contribution in [3.05, 3.63) is 47.5 Å². The lowest BCUT2D eigenvalue weighted by molar-refractivity contribution is 0.193. The van der Waals surface area contributed by atoms with Gasteiger partial charge in [-0.25, -0.2) is 14.4 Å². The Labute approximate surface area is 177 Å². The Balaban J connectivity index is 1.31. The molecule has 6 heteroatoms. The third kappa shape index (κ3) is 4.89. The standard InChI is InChI=1S/C24H28FN3O2/c1-29-23-13-21(22(25)14-28-23)18-4-2-16(3-5-18)15-30-24-12-19(9-11-27-24)20(8-10-26)17-6-7-17/h9,11-14,16-18,20H,2-8,15H2,1H3/t16-,18-,20?. The first-order valence-electron chi connectivity index (χ1n) is 10.8. The van der Waals surface area contributed by atoms with Gasteiger partial charge in [-0.05, 0) is 79.4 Å². The minimum absolute atomic E-state index is 0.199. The molecule has 5 nitrogen and oxygen atoms in total. The van der Waals surface area contributed by atoms with E-state index in [2.05, 4.69) is 16.0 Å². The molecule has 30 heavy (non-hydrogen) atoms. The van der Waals surface area contributed by atoms with E-state index in [9.17, 15) is 4.39 Å². The number of hydrogen-bond acceptors (Lipinski definition) is 5. The second-order valence-corrected chi connectivity index (χ2v) is 8.51. The number of pyridine rings is 2. The van der Waals surface area contributed by atoms with Crippen LogP contribution in [0.1, 0.15) is 67.9 Å². The molecule has 2 aliphatic rings. The van der Waals surface area contributed by atoms with Gasteiger partial charge in [-0.1, -0.05) is 0 Å². The number of nitriles is 1. The topological polar surface area (TPSA) is 68.0 Å². The summed E-state index contributed by atoms with van der Waals surface area (Å²) in [5, 5.41) is 9.14. The van der Waals surface area contributed by atoms with Crippen molar-refractivity contribution in [2.75, 3.05) is 13.7 Å². The normalized spacial score (nSPS) is 22.2. The molecule has 158 valence electrons. The first-order valence-corrected chi connectivity index (χ1v) is 10.8. The Morgan fingerprint density at radius 1 is 1.13 bits per heavy atom. The maximum atomic E-state index is 14.2. The van der Waals surface area contributed by atoms with E-state index in [1.54, 1.807) is 19.4 Å². The molecule has 2 heterocycles. The third-order valence-corrected chi connectivity index (χ3v) is 6.51. The summed E-state index contributed by atoms with van der Waals surface area (Å²) in [6.45, 7) is 0.623. The van der Waals surface area contributed by atoms with Crippen molar-refractivity contribution in [1.29, 1.82) is 5.26 Å². The highest BCUT2D eigenvalue weighted by molar-refractivity contribution is 5.27. The first-order chi connectivity index (χ1) is 14.7. The largest absolute Gasteiger partial charge is 0.481 e. The van der Waals surface area contributed by atoms with Gasteiger partial charge in [0, 0.05) is 24.8 Å². The fourth-order valence-electron chi connectivity index (χ4n) is 4.59. The summed E-state index contributed by atoms with van der Waals surface area (Å²) >= 11 is 0. The summed E-state index contributed by atoms with van der Waals surface area (Å²) in [4.78, 5) is 8.30. The van der Waals surface area contributed by atoms with E-state index in [0.29, 0.717) is 48.1 Å². The van der Waals surface area contributed by atoms with Crippen LogP contribution in [-0.2, 0) is 0 Å². The van der Waals surface area contributed by atoms with Gasteiger partial charge in [0.15, 0.2) is 0 Å². The monoisotopic (exact) mass is 409 g/mol. The minimum atomic E-state index is -0.251. The Kier molecular flexibility index (Phi) is 6.47. The molecule has 0 saturated heterocycles. The van der Waals surface area contributed by atoms with Crippen molar-refractivity contribution in [1.82, 2.24) is 9.97 Å². The van der Waals surface area contributed by atoms with E-state index in [-0.39, 0.29) is 11.7 Å². The van der Waals surface area contributed by atoms with Crippen LogP contribution >= 0.6 is 0 Å². The van der Waals surface area contributed by atoms with Crippen LogP contribution in [0.3, 0.4) is 0 Å². The van der Waals surface area contributed by atoms with Gasteiger partial charge in [-0.2, -0.15) is 5.26 Å². The summed E-state index contributed by atoms with van der Waals surface area (Å²) < 4.78 is 25.4. The second kappa shape index (κ2) is 9.42. The molecule has 0 amide bonds. The quantitative estimate of drug-likeness (QED) is 0.585. The fourth-order valence-corrected chi connectivity index (χ4v) is 4.59. The van der Waals surface area contributed by atoms with Crippen LogP contribution in [0.4, 0.5) is 4.39 Å². The lowest BCUT2D eigenvalue weighted by atomic mass is 9.79. The number of halogens is 1. The van der Waals surface area contributed by atoms with E-state index >= 15 is 0 Å². The highest BCUT2D eigenvalue weighted by Gasteiger charge is 2.32. The molecular formula is C24H28FN3O2. The summed E-state index contributed by atoms with van der Waals surface area (Å²) in [6.07, 6.45) is 9.85. The zero-order valence-electron chi connectivity index (χ0n) is 17.4. The third-order valence-electron chi connectivity index (χ3n) is 6.51. The molecule has 2 saturated carbocycles. The Bertz CT molecular complexity index is 902. The van der Waals surface area contributed by atoms with Crippen molar-refractivity contribution < 1.29 is 13.9 Å². The zero-order chi connectivity index (χ0) is 20.9. The van der Waals surface area contributed by atoms with Crippen LogP contribution in [0, 0.1) is 29.0 Å². The van der Waals surface area contributed by atoms with Crippen molar-refractivity contribution in [2.45, 2.75) is 56.8 Å². The molecule has 0 aromatic carbocycles. The highest BCUT2D eigenvalue weighted by atomic mass is 19.1. The van der Waals surface area contributed by atoms with Gasteiger partial charge in [0.25, 0.3) is 0 Å². The van der Waals surface area contributed by atoms with Crippen LogP contribution in [0.25, 0.3) is 0 Å². The Morgan fingerprint density at radius 3 is 2.63 bits per heavy atom. The summed E-state index contributed by atoms with van der Waals surface area (Å²) in [7, 11) is 1.55. The molecule has 0 radical (unpaired) electrons. The number of methoxy groups -OCH3 is 1. The summed E-state index contributed by atoms with van der Waals surface area (Å²) in [5.41, 5.74) is 1.87. The molecule has 1 atom stereocenters. The molecule has 2 aromatic heterocycles. The lowest BCUT2D eigenvalue weighted by Gasteiger charge is -2.29. The smallest absolute Gasteiger partial charge is 0.213 e. The van der Waals surface area contributed by atoms with Gasteiger partial charge in [-0.15, -0.1) is 0 Å². The van der Waals surface area contributed by atoms with E-state index < -0.39 is 0 Å². The van der Waals surface area contributed by atoms with Gasteiger partial charge < -0.3 is 9.47 Å². The predicted octanol–water partition coefficient (Wildman–Crippen LogP) is 5.38. The molecule has 0 aliphatic heterocycles. The van der Waals surface area contributed by atoms with E-state index in [0.717, 1.165) is 31.2 Å². The van der Waals surface area contributed by atoms with Crippen LogP contribution in [0.5, 0.6) is 11.8 Å². The zero-order valence-corrected chi connectivity index (χ0v) is 17.4. The van der Waals surface area contributed by atoms with Gasteiger partial charge in [0.2, 0.25) is 11.8 Å². The second-order valence-electron chi connectivity index (χ2n) is 8.51. The number of aromatic nitrogens is 2. The lowest BCUT2D eigenvalue weighted by Crippen LogP contribution is -2.20. The van der Waals surface area contributed by atoms with Crippen LogP contribution < -0.4 is 9.47 Å². The van der Waals surface area contributed by atoms with E-state index in [1.807, 2.05) is 12.1 Å². The van der Waals surface area contributed by atoms with Crippen molar-refractivity contribution in [3.63, 3.8) is 0 Å². The average Bonchev–Trinajstić information content (AvgIpc) is 3.62. The number of hydrogen-bond donors (Lipinski definition) is 0. The van der Waals surface area contributed by atoms with Crippen LogP contribution in [0.15, 0.2) is 30.6 Å². The van der Waals surface area contributed by atoms with Gasteiger partial charge in [-0.3, -0.25) is 0 Å². The molecule has 4 rings (SSSR count). The average molecular weight is 410 g/mol. The fraction of sp³-hybridized carbons (Fsp3) is 0.542. The molecule has 2 aliphatic carbocycles. The molecule has 2 aromatic rings. The first kappa shape index (κ1) is 20.6. The number of nitrogens with zero attached hydrogens (tertiary/aromatic N) is 3. The van der Waals surface area contributed by atoms with Crippen LogP contribution in [-0.4, -0.2) is 23.7 Å². The van der Waals surface area contributed by atoms with Crippen molar-refractivity contribution >= 4 is 0 Å². The maximum absolute atomic E-state index is 14.2. The highest BCUT2D eigenvalue weighted by Crippen LogP contribution is 2.44.